The second-order valence-corrected chi connectivity index (χ2v) is 7.38. The number of rotatable bonds is 7. The lowest BCUT2D eigenvalue weighted by Gasteiger charge is -2.32. The van der Waals surface area contributed by atoms with Gasteiger partial charge in [0.05, 0.1) is 18.1 Å². The molecule has 7 heteroatoms. The van der Waals surface area contributed by atoms with Gasteiger partial charge in [-0.15, -0.1) is 12.3 Å². The Balaban J connectivity index is 3.15. The van der Waals surface area contributed by atoms with Gasteiger partial charge in [0, 0.05) is 12.3 Å². The van der Waals surface area contributed by atoms with Gasteiger partial charge in [-0.3, -0.25) is 9.59 Å². The number of hydrogen-bond acceptors (Lipinski definition) is 5. The molecule has 0 aromatic rings. The zero-order valence-electron chi connectivity index (χ0n) is 12.0. The number of hydrogen-bond donors (Lipinski definition) is 1. The monoisotopic (exact) mass is 316 g/mol. The predicted molar refractivity (Wildman–Crippen MR) is 76.1 cm³/mol. The van der Waals surface area contributed by atoms with Crippen LogP contribution in [-0.4, -0.2) is 43.6 Å². The lowest BCUT2D eigenvalue weighted by atomic mass is 9.71. The molecule has 0 radical (unpaired) electrons. The van der Waals surface area contributed by atoms with Gasteiger partial charge in [0.25, 0.3) is 0 Å². The summed E-state index contributed by atoms with van der Waals surface area (Å²) in [6.45, 7) is 1.62. The van der Waals surface area contributed by atoms with Crippen LogP contribution in [0.4, 0.5) is 0 Å². The Morgan fingerprint density at radius 1 is 1.48 bits per heavy atom. The first kappa shape index (κ1) is 17.5. The maximum atomic E-state index is 12.2. The van der Waals surface area contributed by atoms with Crippen LogP contribution in [-0.2, 0) is 24.2 Å². The highest BCUT2D eigenvalue weighted by atomic mass is 32.2. The second-order valence-electron chi connectivity index (χ2n) is 5.15. The minimum Gasteiger partial charge on any atom is -0.480 e. The average Bonchev–Trinajstić information content (AvgIpc) is 2.75. The summed E-state index contributed by atoms with van der Waals surface area (Å²) in [5.41, 5.74) is -1.82. The first-order chi connectivity index (χ1) is 9.80. The third kappa shape index (κ3) is 3.76. The van der Waals surface area contributed by atoms with Crippen molar-refractivity contribution in [2.24, 2.45) is 11.3 Å². The van der Waals surface area contributed by atoms with Gasteiger partial charge in [0.2, 0.25) is 0 Å². The van der Waals surface area contributed by atoms with Crippen molar-refractivity contribution in [1.82, 2.24) is 0 Å². The predicted octanol–water partition coefficient (Wildman–Crippen LogP) is 0.859. The van der Waals surface area contributed by atoms with Gasteiger partial charge in [-0.2, -0.15) is 0 Å². The summed E-state index contributed by atoms with van der Waals surface area (Å²) in [7, 11) is -3.30. The Labute approximate surface area is 124 Å². The van der Waals surface area contributed by atoms with Crippen LogP contribution in [0, 0.1) is 23.7 Å². The third-order valence-electron chi connectivity index (χ3n) is 3.84. The summed E-state index contributed by atoms with van der Waals surface area (Å²) in [6.07, 6.45) is 5.96. The van der Waals surface area contributed by atoms with Crippen molar-refractivity contribution >= 4 is 21.8 Å². The highest BCUT2D eigenvalue weighted by Crippen LogP contribution is 2.41. The molecule has 0 saturated carbocycles. The minimum absolute atomic E-state index is 0.00838. The molecule has 0 aromatic carbocycles. The van der Waals surface area contributed by atoms with Gasteiger partial charge in [-0.25, -0.2) is 8.42 Å². The summed E-state index contributed by atoms with van der Waals surface area (Å²) in [6, 6.07) is 0. The van der Waals surface area contributed by atoms with E-state index in [1.807, 2.05) is 0 Å². The normalized spacial score (nSPS) is 23.0. The molecule has 0 spiro atoms. The number of sulfone groups is 1. The molecule has 0 bridgehead atoms. The molecule has 1 aliphatic rings. The van der Waals surface area contributed by atoms with Crippen LogP contribution in [0.2, 0.25) is 0 Å². The number of unbranched alkanes of at least 4 members (excludes halogenated alkanes) is 1. The van der Waals surface area contributed by atoms with E-state index in [1.54, 1.807) is 6.92 Å². The van der Waals surface area contributed by atoms with E-state index in [4.69, 9.17) is 11.2 Å². The van der Waals surface area contributed by atoms with E-state index in [0.717, 1.165) is 0 Å². The molecule has 0 aromatic heterocycles. The molecule has 1 aliphatic heterocycles. The summed E-state index contributed by atoms with van der Waals surface area (Å²) >= 11 is 0. The van der Waals surface area contributed by atoms with Crippen LogP contribution in [0.25, 0.3) is 0 Å². The molecule has 2 atom stereocenters. The Morgan fingerprint density at radius 2 is 2.14 bits per heavy atom. The third-order valence-corrected chi connectivity index (χ3v) is 5.61. The van der Waals surface area contributed by atoms with Gasteiger partial charge >= 0.3 is 11.9 Å². The topological polar surface area (TPSA) is 97.7 Å². The lowest BCUT2D eigenvalue weighted by Crippen LogP contribution is -2.47. The van der Waals surface area contributed by atoms with Crippen molar-refractivity contribution in [3.8, 4) is 12.3 Å². The van der Waals surface area contributed by atoms with Gasteiger partial charge in [0.15, 0.2) is 15.3 Å². The number of carbonyl (C=O) groups excluding carboxylic acids is 1. The lowest BCUT2D eigenvalue weighted by molar-refractivity contribution is -0.173. The maximum absolute atomic E-state index is 12.2. The molecule has 2 unspecified atom stereocenters. The standard InChI is InChI=1S/C14H20O6S/c1-3-5-6-8-14(12(15)16,13(17)20-4-2)11-7-9-21(18,19)10-11/h1,11H,4-10H2,2H3,(H,15,16). The van der Waals surface area contributed by atoms with Crippen molar-refractivity contribution in [1.29, 1.82) is 0 Å². The van der Waals surface area contributed by atoms with E-state index >= 15 is 0 Å². The molecule has 0 amide bonds. The van der Waals surface area contributed by atoms with E-state index < -0.39 is 33.1 Å². The van der Waals surface area contributed by atoms with Crippen LogP contribution in [0.3, 0.4) is 0 Å². The minimum atomic E-state index is -3.30. The summed E-state index contributed by atoms with van der Waals surface area (Å²) in [5.74, 6) is -0.964. The van der Waals surface area contributed by atoms with E-state index in [2.05, 4.69) is 5.92 Å². The summed E-state index contributed by atoms with van der Waals surface area (Å²) < 4.78 is 28.2. The van der Waals surface area contributed by atoms with Gasteiger partial charge in [0.1, 0.15) is 0 Å². The van der Waals surface area contributed by atoms with Crippen molar-refractivity contribution in [2.75, 3.05) is 18.1 Å². The Hall–Kier alpha value is -1.55. The van der Waals surface area contributed by atoms with Crippen LogP contribution in [0.5, 0.6) is 0 Å². The van der Waals surface area contributed by atoms with E-state index in [0.29, 0.717) is 12.8 Å². The summed E-state index contributed by atoms with van der Waals surface area (Å²) in [4.78, 5) is 24.0. The molecule has 1 saturated heterocycles. The average molecular weight is 316 g/mol. The Bertz CT molecular complexity index is 544. The van der Waals surface area contributed by atoms with E-state index in [-0.39, 0.29) is 31.0 Å². The van der Waals surface area contributed by atoms with Crippen LogP contribution in [0.1, 0.15) is 32.6 Å². The molecule has 0 aliphatic carbocycles. The van der Waals surface area contributed by atoms with Crippen molar-refractivity contribution < 1.29 is 27.9 Å². The Kier molecular flexibility index (Phi) is 5.78. The van der Waals surface area contributed by atoms with E-state index in [9.17, 15) is 23.1 Å². The molecule has 1 N–H and O–H groups in total. The summed E-state index contributed by atoms with van der Waals surface area (Å²) in [5, 5.41) is 9.60. The largest absolute Gasteiger partial charge is 0.480 e. The van der Waals surface area contributed by atoms with Crippen LogP contribution in [0.15, 0.2) is 0 Å². The smallest absolute Gasteiger partial charge is 0.323 e. The van der Waals surface area contributed by atoms with Gasteiger partial charge in [-0.1, -0.05) is 0 Å². The van der Waals surface area contributed by atoms with Crippen molar-refractivity contribution in [3.05, 3.63) is 0 Å². The van der Waals surface area contributed by atoms with Gasteiger partial charge < -0.3 is 9.84 Å². The molecule has 118 valence electrons. The molecule has 21 heavy (non-hydrogen) atoms. The fourth-order valence-corrected chi connectivity index (χ4v) is 4.63. The van der Waals surface area contributed by atoms with Crippen molar-refractivity contribution in [3.63, 3.8) is 0 Å². The first-order valence-corrected chi connectivity index (χ1v) is 8.66. The molecule has 6 nitrogen and oxygen atoms in total. The van der Waals surface area contributed by atoms with Crippen LogP contribution >= 0.6 is 0 Å². The Morgan fingerprint density at radius 3 is 2.57 bits per heavy atom. The molecular formula is C14H20O6S. The van der Waals surface area contributed by atoms with Crippen LogP contribution < -0.4 is 0 Å². The van der Waals surface area contributed by atoms with Crippen molar-refractivity contribution in [2.45, 2.75) is 32.6 Å². The number of carbonyl (C=O) groups is 2. The highest BCUT2D eigenvalue weighted by molar-refractivity contribution is 7.91. The number of esters is 1. The molecule has 1 rings (SSSR count). The number of ether oxygens (including phenoxy) is 1. The quantitative estimate of drug-likeness (QED) is 0.324. The number of carboxylic acid groups (broad SMARTS) is 1. The zero-order valence-corrected chi connectivity index (χ0v) is 12.8. The molecule has 1 fully saturated rings. The first-order valence-electron chi connectivity index (χ1n) is 6.84. The number of aliphatic carboxylic acids is 1. The fourth-order valence-electron chi connectivity index (χ4n) is 2.75. The number of carboxylic acids is 1. The molecule has 1 heterocycles. The zero-order chi connectivity index (χ0) is 16.1. The van der Waals surface area contributed by atoms with E-state index in [1.165, 1.54) is 0 Å². The van der Waals surface area contributed by atoms with Gasteiger partial charge in [-0.05, 0) is 26.2 Å². The highest BCUT2D eigenvalue weighted by Gasteiger charge is 2.56. The fraction of sp³-hybridized carbons (Fsp3) is 0.714. The number of terminal acetylenes is 1. The SMILES string of the molecule is C#CCCCC(C(=O)O)(C(=O)OCC)C1CCS(=O)(=O)C1. The second kappa shape index (κ2) is 6.94. The maximum Gasteiger partial charge on any atom is 0.323 e. The molecular weight excluding hydrogens is 296 g/mol.